The summed E-state index contributed by atoms with van der Waals surface area (Å²) in [4.78, 5) is 27.1. The lowest BCUT2D eigenvalue weighted by molar-refractivity contribution is -0.139. The zero-order chi connectivity index (χ0) is 16.4. The Morgan fingerprint density at radius 1 is 1.00 bits per heavy atom. The molecule has 4 nitrogen and oxygen atoms in total. The number of fused-ring (bicyclic) bond motifs is 1. The average Bonchev–Trinajstić information content (AvgIpc) is 2.96. The Bertz CT molecular complexity index is 884. The minimum absolute atomic E-state index is 0.00482. The molecule has 0 bridgehead atoms. The lowest BCUT2D eigenvalue weighted by Crippen LogP contribution is -2.17. The smallest absolute Gasteiger partial charge is 0.380 e. The van der Waals surface area contributed by atoms with E-state index in [1.807, 2.05) is 0 Å². The van der Waals surface area contributed by atoms with Crippen LogP contribution in [0.2, 0.25) is 10.0 Å². The molecule has 2 aromatic carbocycles. The first kappa shape index (κ1) is 15.6. The van der Waals surface area contributed by atoms with Gasteiger partial charge in [-0.2, -0.15) is 0 Å². The van der Waals surface area contributed by atoms with Crippen molar-refractivity contribution in [3.05, 3.63) is 69.8 Å². The number of halogens is 2. The van der Waals surface area contributed by atoms with Crippen molar-refractivity contribution in [2.45, 2.75) is 6.61 Å². The second-order valence-corrected chi connectivity index (χ2v) is 5.80. The summed E-state index contributed by atoms with van der Waals surface area (Å²) in [7, 11) is 0. The van der Waals surface area contributed by atoms with Crippen LogP contribution in [0.5, 0.6) is 0 Å². The first-order valence-electron chi connectivity index (χ1n) is 6.77. The Labute approximate surface area is 142 Å². The van der Waals surface area contributed by atoms with E-state index < -0.39 is 11.8 Å². The summed E-state index contributed by atoms with van der Waals surface area (Å²) in [6.45, 7) is 0.00482. The number of hydrogen-bond donors (Lipinski definition) is 1. The van der Waals surface area contributed by atoms with Gasteiger partial charge in [-0.05, 0) is 35.9 Å². The van der Waals surface area contributed by atoms with Crippen LogP contribution in [0, 0.1) is 0 Å². The van der Waals surface area contributed by atoms with Gasteiger partial charge in [-0.1, -0.05) is 35.3 Å². The first-order chi connectivity index (χ1) is 11.0. The summed E-state index contributed by atoms with van der Waals surface area (Å²) in [5.74, 6) is -1.63. The number of esters is 1. The molecule has 0 saturated carbocycles. The number of carbonyl (C=O) groups is 2. The zero-order valence-corrected chi connectivity index (χ0v) is 13.3. The van der Waals surface area contributed by atoms with Crippen molar-refractivity contribution in [3.8, 4) is 0 Å². The van der Waals surface area contributed by atoms with E-state index in [0.717, 1.165) is 11.1 Å². The van der Waals surface area contributed by atoms with E-state index in [4.69, 9.17) is 27.9 Å². The average molecular weight is 348 g/mol. The van der Waals surface area contributed by atoms with E-state index in [0.29, 0.717) is 15.4 Å². The van der Waals surface area contributed by atoms with Gasteiger partial charge in [0.2, 0.25) is 0 Å². The van der Waals surface area contributed by atoms with Gasteiger partial charge >= 0.3 is 5.97 Å². The van der Waals surface area contributed by atoms with Crippen molar-refractivity contribution < 1.29 is 14.3 Å². The third-order valence-electron chi connectivity index (χ3n) is 3.36. The van der Waals surface area contributed by atoms with Crippen LogP contribution >= 0.6 is 23.2 Å². The highest BCUT2D eigenvalue weighted by Crippen LogP contribution is 2.23. The highest BCUT2D eigenvalue weighted by molar-refractivity contribution is 6.43. The fraction of sp³-hybridized carbons (Fsp3) is 0.0588. The van der Waals surface area contributed by atoms with E-state index in [2.05, 4.69) is 4.98 Å². The molecule has 1 heterocycles. The van der Waals surface area contributed by atoms with E-state index in [9.17, 15) is 9.59 Å². The number of ketones is 1. The van der Waals surface area contributed by atoms with Gasteiger partial charge in [0, 0.05) is 27.1 Å². The third kappa shape index (κ3) is 3.38. The molecule has 0 unspecified atom stereocenters. The molecule has 0 atom stereocenters. The normalized spacial score (nSPS) is 10.7. The maximum absolute atomic E-state index is 12.2. The Hall–Kier alpha value is -2.30. The number of aromatic nitrogens is 1. The number of benzene rings is 2. The molecule has 23 heavy (non-hydrogen) atoms. The van der Waals surface area contributed by atoms with Crippen molar-refractivity contribution in [1.29, 1.82) is 0 Å². The highest BCUT2D eigenvalue weighted by atomic mass is 35.5. The van der Waals surface area contributed by atoms with Crippen molar-refractivity contribution >= 4 is 45.9 Å². The molecular weight excluding hydrogens is 337 g/mol. The maximum Gasteiger partial charge on any atom is 0.380 e. The fourth-order valence-electron chi connectivity index (χ4n) is 2.19. The molecule has 0 aliphatic carbocycles. The summed E-state index contributed by atoms with van der Waals surface area (Å²) >= 11 is 11.7. The molecule has 0 aliphatic heterocycles. The van der Waals surface area contributed by atoms with Gasteiger partial charge in [0.1, 0.15) is 6.61 Å². The molecule has 6 heteroatoms. The third-order valence-corrected chi connectivity index (χ3v) is 3.84. The summed E-state index contributed by atoms with van der Waals surface area (Å²) in [6.07, 6.45) is 1.48. The van der Waals surface area contributed by atoms with Crippen molar-refractivity contribution in [3.63, 3.8) is 0 Å². The molecule has 116 valence electrons. The van der Waals surface area contributed by atoms with Gasteiger partial charge in [-0.25, -0.2) is 4.79 Å². The number of nitrogens with one attached hydrogen (secondary N) is 1. The molecule has 0 aliphatic rings. The number of rotatable bonds is 4. The van der Waals surface area contributed by atoms with E-state index in [1.165, 1.54) is 6.20 Å². The largest absolute Gasteiger partial charge is 0.455 e. The molecule has 3 aromatic rings. The van der Waals surface area contributed by atoms with E-state index >= 15 is 0 Å². The summed E-state index contributed by atoms with van der Waals surface area (Å²) in [6, 6.07) is 11.9. The van der Waals surface area contributed by atoms with Crippen LogP contribution in [0.4, 0.5) is 0 Å². The second kappa shape index (κ2) is 6.44. The number of hydrogen-bond acceptors (Lipinski definition) is 3. The molecule has 3 rings (SSSR count). The summed E-state index contributed by atoms with van der Waals surface area (Å²) in [5.41, 5.74) is 1.71. The van der Waals surface area contributed by atoms with Gasteiger partial charge in [-0.3, -0.25) is 4.79 Å². The monoisotopic (exact) mass is 347 g/mol. The Morgan fingerprint density at radius 2 is 1.70 bits per heavy atom. The molecule has 0 amide bonds. The zero-order valence-electron chi connectivity index (χ0n) is 11.8. The molecule has 0 saturated heterocycles. The van der Waals surface area contributed by atoms with Crippen LogP contribution in [0.15, 0.2) is 48.7 Å². The van der Waals surface area contributed by atoms with Crippen molar-refractivity contribution in [2.75, 3.05) is 0 Å². The van der Waals surface area contributed by atoms with Crippen LogP contribution in [0.3, 0.4) is 0 Å². The SMILES string of the molecule is O=C(OCc1ccc(Cl)cc1)C(=O)c1c[nH]c2ccc(Cl)cc12. The minimum Gasteiger partial charge on any atom is -0.455 e. The molecule has 1 aromatic heterocycles. The summed E-state index contributed by atoms with van der Waals surface area (Å²) in [5, 5.41) is 1.67. The molecular formula is C17H11Cl2NO3. The molecule has 0 spiro atoms. The van der Waals surface area contributed by atoms with Gasteiger partial charge in [0.15, 0.2) is 0 Å². The quantitative estimate of drug-likeness (QED) is 0.432. The predicted octanol–water partition coefficient (Wildman–Crippen LogP) is 4.40. The molecule has 0 radical (unpaired) electrons. The Balaban J connectivity index is 1.75. The highest BCUT2D eigenvalue weighted by Gasteiger charge is 2.21. The Morgan fingerprint density at radius 3 is 2.43 bits per heavy atom. The van der Waals surface area contributed by atoms with Gasteiger partial charge in [0.05, 0.1) is 5.56 Å². The molecule has 1 N–H and O–H groups in total. The van der Waals surface area contributed by atoms with Crippen LogP contribution in [-0.2, 0) is 16.1 Å². The standard InChI is InChI=1S/C17H11Cl2NO3/c18-11-3-1-10(2-4-11)9-23-17(22)16(21)14-8-20-15-6-5-12(19)7-13(14)15/h1-8,20H,9H2. The predicted molar refractivity (Wildman–Crippen MR) is 88.9 cm³/mol. The first-order valence-corrected chi connectivity index (χ1v) is 7.53. The lowest BCUT2D eigenvalue weighted by atomic mass is 10.1. The van der Waals surface area contributed by atoms with Crippen LogP contribution in [0.1, 0.15) is 15.9 Å². The van der Waals surface area contributed by atoms with Crippen LogP contribution < -0.4 is 0 Å². The molecule has 0 fully saturated rings. The van der Waals surface area contributed by atoms with Crippen molar-refractivity contribution in [2.24, 2.45) is 0 Å². The van der Waals surface area contributed by atoms with Crippen molar-refractivity contribution in [1.82, 2.24) is 4.98 Å². The number of aromatic amines is 1. The van der Waals surface area contributed by atoms with Gasteiger partial charge < -0.3 is 9.72 Å². The van der Waals surface area contributed by atoms with Gasteiger partial charge in [-0.15, -0.1) is 0 Å². The minimum atomic E-state index is -0.916. The van der Waals surface area contributed by atoms with E-state index in [1.54, 1.807) is 42.5 Å². The van der Waals surface area contributed by atoms with E-state index in [-0.39, 0.29) is 12.2 Å². The summed E-state index contributed by atoms with van der Waals surface area (Å²) < 4.78 is 5.05. The number of Topliss-reactive ketones (excluding diaryl/α,β-unsaturated/α-hetero) is 1. The maximum atomic E-state index is 12.2. The van der Waals surface area contributed by atoms with Crippen LogP contribution in [-0.4, -0.2) is 16.7 Å². The number of carbonyl (C=O) groups excluding carboxylic acids is 2. The van der Waals surface area contributed by atoms with Gasteiger partial charge in [0.25, 0.3) is 5.78 Å². The number of H-pyrrole nitrogens is 1. The second-order valence-electron chi connectivity index (χ2n) is 4.92. The Kier molecular flexibility index (Phi) is 4.37. The van der Waals surface area contributed by atoms with Crippen LogP contribution in [0.25, 0.3) is 10.9 Å². The lowest BCUT2D eigenvalue weighted by Gasteiger charge is -2.04. The fourth-order valence-corrected chi connectivity index (χ4v) is 2.48. The number of ether oxygens (including phenoxy) is 1. The topological polar surface area (TPSA) is 59.2 Å².